The number of allylic oxidation sites excluding steroid dienone is 4. The highest BCUT2D eigenvalue weighted by Crippen LogP contribution is 2.32. The highest BCUT2D eigenvalue weighted by molar-refractivity contribution is 6.34. The maximum atomic E-state index is 13.1. The van der Waals surface area contributed by atoms with Crippen molar-refractivity contribution in [3.63, 3.8) is 0 Å². The monoisotopic (exact) mass is 1130 g/mol. The van der Waals surface area contributed by atoms with Crippen molar-refractivity contribution in [3.8, 4) is 0 Å². The average molecular weight is 1130 g/mol. The van der Waals surface area contributed by atoms with Crippen molar-refractivity contribution in [2.24, 2.45) is 5.73 Å². The first kappa shape index (κ1) is 63.8. The number of hydrogen-bond acceptors (Lipinski definition) is 13. The summed E-state index contributed by atoms with van der Waals surface area (Å²) in [6, 6.07) is 19.5. The third-order valence-electron chi connectivity index (χ3n) is 12.0. The molecule has 0 aliphatic heterocycles. The predicted molar refractivity (Wildman–Crippen MR) is 308 cm³/mol. The third kappa shape index (κ3) is 20.2. The van der Waals surface area contributed by atoms with Gasteiger partial charge >= 0.3 is 18.2 Å². The first-order chi connectivity index (χ1) is 37.1. The molecule has 10 N–H and O–H groups in total. The van der Waals surface area contributed by atoms with Gasteiger partial charge in [-0.15, -0.1) is 0 Å². The van der Waals surface area contributed by atoms with Crippen LogP contribution in [0.3, 0.4) is 0 Å². The number of aromatic carboxylic acids is 1. The van der Waals surface area contributed by atoms with Crippen LogP contribution in [0.15, 0.2) is 95.3 Å². The zero-order chi connectivity index (χ0) is 58.8. The molecule has 0 bridgehead atoms. The van der Waals surface area contributed by atoms with Crippen LogP contribution in [-0.4, -0.2) is 89.9 Å². The molecule has 424 valence electrons. The molecular weight excluding hydrogens is 1060 g/mol. The number of alkyl carbamates (subject to hydrolysis) is 2. The Kier molecular flexibility index (Phi) is 23.7. The molecule has 0 fully saturated rings. The Morgan fingerprint density at radius 2 is 0.949 bits per heavy atom. The second-order valence-electron chi connectivity index (χ2n) is 20.5. The van der Waals surface area contributed by atoms with Crippen molar-refractivity contribution in [3.05, 3.63) is 139 Å². The minimum Gasteiger partial charge on any atom is -0.478 e. The van der Waals surface area contributed by atoms with E-state index < -0.39 is 29.4 Å². The summed E-state index contributed by atoms with van der Waals surface area (Å²) < 4.78 is 10.1. The SMILES string of the molecule is CC(C)(C)OC(=O)NCCN.CC1=C(Nc2cc(C(=O)Nc3cccc(C(=O)NCCNC(=O)OC(C)(C)C)c3C)ccc2Cl)CCCC1=O.CC1=C(Nc2cc(C(=O)Nc3cccc(C(=O)O)c3C)ccc2Cl)CCCC1=O. The second-order valence-corrected chi connectivity index (χ2v) is 21.3. The van der Waals surface area contributed by atoms with Gasteiger partial charge in [-0.2, -0.15) is 0 Å². The molecule has 0 unspecified atom stereocenters. The summed E-state index contributed by atoms with van der Waals surface area (Å²) in [7, 11) is 0. The molecule has 0 radical (unpaired) electrons. The van der Waals surface area contributed by atoms with E-state index in [-0.39, 0.29) is 47.9 Å². The molecule has 2 aliphatic rings. The number of amides is 5. The fourth-order valence-electron chi connectivity index (χ4n) is 7.75. The molecule has 2 aliphatic carbocycles. The first-order valence-electron chi connectivity index (χ1n) is 25.6. The van der Waals surface area contributed by atoms with Crippen molar-refractivity contribution in [2.75, 3.05) is 47.4 Å². The van der Waals surface area contributed by atoms with Gasteiger partial charge in [0.25, 0.3) is 17.7 Å². The number of anilines is 4. The Morgan fingerprint density at radius 1 is 0.544 bits per heavy atom. The topological polar surface area (TPSA) is 285 Å². The molecular formula is C58H72Cl2N8O11. The van der Waals surface area contributed by atoms with Crippen molar-refractivity contribution < 1.29 is 52.9 Å². The molecule has 19 nitrogen and oxygen atoms in total. The van der Waals surface area contributed by atoms with E-state index in [9.17, 15) is 43.5 Å². The Morgan fingerprint density at radius 3 is 1.37 bits per heavy atom. The van der Waals surface area contributed by atoms with Crippen molar-refractivity contribution in [1.29, 1.82) is 0 Å². The second kappa shape index (κ2) is 29.3. The molecule has 4 aromatic rings. The summed E-state index contributed by atoms with van der Waals surface area (Å²) in [5, 5.41) is 30.0. The Balaban J connectivity index is 0.000000294. The number of benzene rings is 4. The Labute approximate surface area is 471 Å². The number of carbonyl (C=O) groups excluding carboxylic acids is 7. The van der Waals surface area contributed by atoms with E-state index in [4.69, 9.17) is 38.4 Å². The molecule has 6 rings (SSSR count). The van der Waals surface area contributed by atoms with Crippen molar-refractivity contribution >= 4 is 93.4 Å². The summed E-state index contributed by atoms with van der Waals surface area (Å²) in [6.07, 6.45) is 3.12. The lowest BCUT2D eigenvalue weighted by molar-refractivity contribution is -0.116. The number of rotatable bonds is 15. The van der Waals surface area contributed by atoms with Crippen LogP contribution in [0.1, 0.15) is 146 Å². The van der Waals surface area contributed by atoms with Gasteiger partial charge in [0.15, 0.2) is 11.6 Å². The number of hydrogen-bond donors (Lipinski definition) is 9. The number of halogens is 2. The number of ketones is 2. The quantitative estimate of drug-likeness (QED) is 0.0501. The van der Waals surface area contributed by atoms with Crippen LogP contribution >= 0.6 is 23.2 Å². The van der Waals surface area contributed by atoms with Gasteiger partial charge in [0.2, 0.25) is 0 Å². The number of ether oxygens (including phenoxy) is 2. The van der Waals surface area contributed by atoms with Crippen LogP contribution < -0.4 is 43.0 Å². The van der Waals surface area contributed by atoms with Crippen LogP contribution in [0.5, 0.6) is 0 Å². The first-order valence-corrected chi connectivity index (χ1v) is 26.4. The lowest BCUT2D eigenvalue weighted by Crippen LogP contribution is -2.38. The summed E-state index contributed by atoms with van der Waals surface area (Å²) >= 11 is 12.6. The van der Waals surface area contributed by atoms with Gasteiger partial charge < -0.3 is 57.5 Å². The van der Waals surface area contributed by atoms with Crippen LogP contribution in [0.2, 0.25) is 10.0 Å². The van der Waals surface area contributed by atoms with Crippen molar-refractivity contribution in [2.45, 2.75) is 119 Å². The van der Waals surface area contributed by atoms with Crippen molar-refractivity contribution in [1.82, 2.24) is 16.0 Å². The molecule has 0 saturated heterocycles. The average Bonchev–Trinajstić information content (AvgIpc) is 3.38. The standard InChI is InChI=1S/C29H35ClN4O5.C22H21ClN2O4.C7H16N2O2/c1-17-20(27(37)31-14-15-32-28(38)39-29(3,4)5)8-6-9-22(17)34-26(36)19-12-13-21(30)24(16-19)33-23-10-7-11-25(35)18(23)2;1-12-15(22(28)29)5-3-6-17(12)25-21(27)14-9-10-16(23)19(11-14)24-18-7-4-8-20(26)13(18)2;1-7(2,3)11-6(10)9-5-4-8/h6,8-9,12-13,16,33H,7,10-11,14-15H2,1-5H3,(H,31,37)(H,32,38)(H,34,36);3,5-6,9-11,24H,4,7-8H2,1-2H3,(H,25,27)(H,28,29);4-5,8H2,1-3H3,(H,9,10). The smallest absolute Gasteiger partial charge is 0.407 e. The van der Waals surface area contributed by atoms with E-state index in [1.165, 1.54) is 6.07 Å². The van der Waals surface area contributed by atoms with E-state index in [0.29, 0.717) is 97.7 Å². The molecule has 21 heteroatoms. The van der Waals surface area contributed by atoms with E-state index in [1.807, 2.05) is 20.8 Å². The number of nitrogens with two attached hydrogens (primary N) is 1. The van der Waals surface area contributed by atoms with Crippen LogP contribution in [0.4, 0.5) is 32.3 Å². The molecule has 0 heterocycles. The third-order valence-corrected chi connectivity index (χ3v) is 12.6. The Bertz CT molecular complexity index is 3010. The fourth-order valence-corrected chi connectivity index (χ4v) is 8.08. The molecule has 4 aromatic carbocycles. The van der Waals surface area contributed by atoms with E-state index in [2.05, 4.69) is 37.2 Å². The summed E-state index contributed by atoms with van der Waals surface area (Å²) in [5.74, 6) is -1.94. The summed E-state index contributed by atoms with van der Waals surface area (Å²) in [6.45, 7) is 19.0. The number of carboxylic acids is 1. The summed E-state index contributed by atoms with van der Waals surface area (Å²) in [5.41, 5.74) is 11.4. The van der Waals surface area contributed by atoms with Gasteiger partial charge in [0, 0.05) is 89.6 Å². The van der Waals surface area contributed by atoms with Gasteiger partial charge in [-0.1, -0.05) is 35.3 Å². The van der Waals surface area contributed by atoms with Gasteiger partial charge in [-0.05, 0) is 167 Å². The predicted octanol–water partition coefficient (Wildman–Crippen LogP) is 11.1. The minimum absolute atomic E-state index is 0.104. The molecule has 79 heavy (non-hydrogen) atoms. The van der Waals surface area contributed by atoms with Gasteiger partial charge in [0.05, 0.1) is 27.0 Å². The number of carboxylic acid groups (broad SMARTS) is 1. The highest BCUT2D eigenvalue weighted by atomic mass is 35.5. The zero-order valence-corrected chi connectivity index (χ0v) is 47.9. The summed E-state index contributed by atoms with van der Waals surface area (Å²) in [4.78, 5) is 96.4. The Hall–Kier alpha value is -7.74. The maximum absolute atomic E-state index is 13.1. The molecule has 0 aromatic heterocycles. The zero-order valence-electron chi connectivity index (χ0n) is 46.4. The van der Waals surface area contributed by atoms with E-state index >= 15 is 0 Å². The van der Waals surface area contributed by atoms with Crippen LogP contribution in [0.25, 0.3) is 0 Å². The number of nitrogens with one attached hydrogen (secondary N) is 7. The van der Waals surface area contributed by atoms with Crippen LogP contribution in [-0.2, 0) is 19.1 Å². The molecule has 0 saturated carbocycles. The molecule has 0 atom stereocenters. The molecule has 0 spiro atoms. The normalized spacial score (nSPS) is 13.3. The number of carbonyl (C=O) groups is 8. The van der Waals surface area contributed by atoms with E-state index in [1.54, 1.807) is 115 Å². The van der Waals surface area contributed by atoms with Gasteiger partial charge in [0.1, 0.15) is 11.2 Å². The number of Topliss-reactive ketones (excluding diaryl/α,β-unsaturated/α-hetero) is 2. The fraction of sp³-hybridized carbons (Fsp3) is 0.379. The molecule has 5 amide bonds. The maximum Gasteiger partial charge on any atom is 0.407 e. The van der Waals surface area contributed by atoms with E-state index in [0.717, 1.165) is 37.1 Å². The van der Waals surface area contributed by atoms with Gasteiger partial charge in [-0.3, -0.25) is 24.0 Å². The minimum atomic E-state index is -1.05. The lowest BCUT2D eigenvalue weighted by Gasteiger charge is -2.20. The lowest BCUT2D eigenvalue weighted by atomic mass is 9.96. The highest BCUT2D eigenvalue weighted by Gasteiger charge is 2.22. The largest absolute Gasteiger partial charge is 0.478 e. The van der Waals surface area contributed by atoms with Crippen LogP contribution in [0, 0.1) is 13.8 Å². The van der Waals surface area contributed by atoms with Gasteiger partial charge in [-0.25, -0.2) is 14.4 Å².